The molecule has 2 aromatic rings. The van der Waals surface area contributed by atoms with Crippen molar-refractivity contribution in [2.75, 3.05) is 11.9 Å². The Labute approximate surface area is 122 Å². The molecule has 96 valence electrons. The summed E-state index contributed by atoms with van der Waals surface area (Å²) in [5, 5.41) is 9.18. The fraction of sp³-hybridized carbons (Fsp3) is 0.188. The SMILES string of the molecule is Cc1cccc(CN(C)c2cc(Br)ccc2C#N)c1. The van der Waals surface area contributed by atoms with Crippen LogP contribution in [-0.2, 0) is 6.54 Å². The second-order valence-electron chi connectivity index (χ2n) is 4.62. The van der Waals surface area contributed by atoms with Gasteiger partial charge in [0.05, 0.1) is 11.3 Å². The van der Waals surface area contributed by atoms with E-state index in [0.29, 0.717) is 5.56 Å². The van der Waals surface area contributed by atoms with E-state index in [1.807, 2.05) is 25.2 Å². The van der Waals surface area contributed by atoms with Crippen LogP contribution in [0.5, 0.6) is 0 Å². The molecule has 0 saturated heterocycles. The number of nitrogens with zero attached hydrogens (tertiary/aromatic N) is 2. The molecule has 0 atom stereocenters. The molecule has 0 bridgehead atoms. The fourth-order valence-electron chi connectivity index (χ4n) is 2.08. The molecule has 0 saturated carbocycles. The molecule has 0 spiro atoms. The van der Waals surface area contributed by atoms with Gasteiger partial charge in [0, 0.05) is 18.1 Å². The zero-order valence-corrected chi connectivity index (χ0v) is 12.6. The lowest BCUT2D eigenvalue weighted by Crippen LogP contribution is -2.17. The highest BCUT2D eigenvalue weighted by atomic mass is 79.9. The molecule has 2 aromatic carbocycles. The Balaban J connectivity index is 2.27. The number of hydrogen-bond donors (Lipinski definition) is 0. The molecule has 0 fully saturated rings. The van der Waals surface area contributed by atoms with Gasteiger partial charge in [-0.2, -0.15) is 5.26 Å². The molecular weight excluding hydrogens is 300 g/mol. The van der Waals surface area contributed by atoms with Crippen LogP contribution in [0.15, 0.2) is 46.9 Å². The molecule has 0 N–H and O–H groups in total. The standard InChI is InChI=1S/C16H15BrN2/c1-12-4-3-5-13(8-12)11-19(2)16-9-15(17)7-6-14(16)10-18/h3-9H,11H2,1-2H3. The van der Waals surface area contributed by atoms with Crippen molar-refractivity contribution in [3.05, 3.63) is 63.6 Å². The first kappa shape index (κ1) is 13.6. The van der Waals surface area contributed by atoms with E-state index in [9.17, 15) is 5.26 Å². The molecule has 0 aliphatic heterocycles. The van der Waals surface area contributed by atoms with Crippen LogP contribution in [0.25, 0.3) is 0 Å². The summed E-state index contributed by atoms with van der Waals surface area (Å²) < 4.78 is 0.984. The van der Waals surface area contributed by atoms with E-state index in [1.165, 1.54) is 11.1 Å². The molecule has 0 radical (unpaired) electrons. The van der Waals surface area contributed by atoms with E-state index in [4.69, 9.17) is 0 Å². The zero-order chi connectivity index (χ0) is 13.8. The summed E-state index contributed by atoms with van der Waals surface area (Å²) in [5.41, 5.74) is 4.13. The quantitative estimate of drug-likeness (QED) is 0.846. The van der Waals surface area contributed by atoms with Crippen LogP contribution in [0.3, 0.4) is 0 Å². The minimum atomic E-state index is 0.693. The second-order valence-corrected chi connectivity index (χ2v) is 5.53. The lowest BCUT2D eigenvalue weighted by atomic mass is 10.1. The molecule has 2 rings (SSSR count). The molecule has 0 amide bonds. The van der Waals surface area contributed by atoms with Gasteiger partial charge in [-0.25, -0.2) is 0 Å². The largest absolute Gasteiger partial charge is 0.369 e. The highest BCUT2D eigenvalue weighted by Gasteiger charge is 2.08. The zero-order valence-electron chi connectivity index (χ0n) is 11.0. The minimum absolute atomic E-state index is 0.693. The number of hydrogen-bond acceptors (Lipinski definition) is 2. The van der Waals surface area contributed by atoms with Crippen molar-refractivity contribution < 1.29 is 0 Å². The first-order chi connectivity index (χ1) is 9.10. The molecule has 0 aliphatic carbocycles. The molecule has 0 aliphatic rings. The average Bonchev–Trinajstić information content (AvgIpc) is 2.38. The Morgan fingerprint density at radius 3 is 2.68 bits per heavy atom. The monoisotopic (exact) mass is 314 g/mol. The van der Waals surface area contributed by atoms with Gasteiger partial charge in [-0.3, -0.25) is 0 Å². The van der Waals surface area contributed by atoms with Gasteiger partial charge >= 0.3 is 0 Å². The summed E-state index contributed by atoms with van der Waals surface area (Å²) in [6.45, 7) is 2.87. The smallest absolute Gasteiger partial charge is 0.101 e. The number of benzene rings is 2. The summed E-state index contributed by atoms with van der Waals surface area (Å²) in [4.78, 5) is 2.10. The van der Waals surface area contributed by atoms with Crippen LogP contribution in [0.1, 0.15) is 16.7 Å². The summed E-state index contributed by atoms with van der Waals surface area (Å²) in [6.07, 6.45) is 0. The summed E-state index contributed by atoms with van der Waals surface area (Å²) >= 11 is 3.45. The number of aryl methyl sites for hydroxylation is 1. The highest BCUT2D eigenvalue weighted by Crippen LogP contribution is 2.25. The van der Waals surface area contributed by atoms with E-state index >= 15 is 0 Å². The van der Waals surface area contributed by atoms with Gasteiger partial charge < -0.3 is 4.90 Å². The van der Waals surface area contributed by atoms with E-state index in [0.717, 1.165) is 16.7 Å². The number of nitriles is 1. The molecule has 3 heteroatoms. The lowest BCUT2D eigenvalue weighted by molar-refractivity contribution is 0.919. The number of rotatable bonds is 3. The normalized spacial score (nSPS) is 10.0. The van der Waals surface area contributed by atoms with E-state index in [-0.39, 0.29) is 0 Å². The third kappa shape index (κ3) is 3.36. The number of anilines is 1. The maximum atomic E-state index is 9.18. The third-order valence-electron chi connectivity index (χ3n) is 2.99. The van der Waals surface area contributed by atoms with Gasteiger partial charge in [0.15, 0.2) is 0 Å². The van der Waals surface area contributed by atoms with Gasteiger partial charge in [-0.1, -0.05) is 45.8 Å². The van der Waals surface area contributed by atoms with Crippen molar-refractivity contribution in [3.63, 3.8) is 0 Å². The first-order valence-corrected chi connectivity index (χ1v) is 6.86. The average molecular weight is 315 g/mol. The van der Waals surface area contributed by atoms with Gasteiger partial charge in [-0.15, -0.1) is 0 Å². The Morgan fingerprint density at radius 2 is 2.00 bits per heavy atom. The third-order valence-corrected chi connectivity index (χ3v) is 3.49. The van der Waals surface area contributed by atoms with Crippen molar-refractivity contribution in [2.24, 2.45) is 0 Å². The summed E-state index contributed by atoms with van der Waals surface area (Å²) in [7, 11) is 2.00. The van der Waals surface area contributed by atoms with Crippen molar-refractivity contribution in [2.45, 2.75) is 13.5 Å². The van der Waals surface area contributed by atoms with Crippen molar-refractivity contribution >= 4 is 21.6 Å². The number of halogens is 1. The molecule has 0 aromatic heterocycles. The summed E-state index contributed by atoms with van der Waals surface area (Å²) in [5.74, 6) is 0. The maximum absolute atomic E-state index is 9.18. The molecule has 2 nitrogen and oxygen atoms in total. The van der Waals surface area contributed by atoms with Crippen LogP contribution >= 0.6 is 15.9 Å². The van der Waals surface area contributed by atoms with Gasteiger partial charge in [0.25, 0.3) is 0 Å². The fourth-order valence-corrected chi connectivity index (χ4v) is 2.43. The van der Waals surface area contributed by atoms with Gasteiger partial charge in [0.2, 0.25) is 0 Å². The van der Waals surface area contributed by atoms with Crippen molar-refractivity contribution in [3.8, 4) is 6.07 Å². The Hall–Kier alpha value is -1.79. The van der Waals surface area contributed by atoms with Crippen LogP contribution < -0.4 is 4.90 Å². The molecule has 19 heavy (non-hydrogen) atoms. The van der Waals surface area contributed by atoms with E-state index in [1.54, 1.807) is 0 Å². The predicted molar refractivity (Wildman–Crippen MR) is 82.1 cm³/mol. The molecule has 0 unspecified atom stereocenters. The second kappa shape index (κ2) is 5.90. The van der Waals surface area contributed by atoms with Gasteiger partial charge in [-0.05, 0) is 30.7 Å². The van der Waals surface area contributed by atoms with Crippen molar-refractivity contribution in [1.82, 2.24) is 0 Å². The minimum Gasteiger partial charge on any atom is -0.369 e. The summed E-state index contributed by atoms with van der Waals surface area (Å²) in [6, 6.07) is 16.4. The van der Waals surface area contributed by atoms with Gasteiger partial charge in [0.1, 0.15) is 6.07 Å². The lowest BCUT2D eigenvalue weighted by Gasteiger charge is -2.21. The van der Waals surface area contributed by atoms with Crippen LogP contribution in [0, 0.1) is 18.3 Å². The van der Waals surface area contributed by atoms with Crippen molar-refractivity contribution in [1.29, 1.82) is 5.26 Å². The maximum Gasteiger partial charge on any atom is 0.101 e. The molecule has 0 heterocycles. The Kier molecular flexibility index (Phi) is 4.24. The topological polar surface area (TPSA) is 27.0 Å². The highest BCUT2D eigenvalue weighted by molar-refractivity contribution is 9.10. The molecular formula is C16H15BrN2. The van der Waals surface area contributed by atoms with E-state index < -0.39 is 0 Å². The Morgan fingerprint density at radius 1 is 1.21 bits per heavy atom. The van der Waals surface area contributed by atoms with Crippen LogP contribution in [0.4, 0.5) is 5.69 Å². The van der Waals surface area contributed by atoms with E-state index in [2.05, 4.69) is 58.1 Å². The Bertz CT molecular complexity index is 629. The first-order valence-electron chi connectivity index (χ1n) is 6.06. The van der Waals surface area contributed by atoms with Crippen LogP contribution in [-0.4, -0.2) is 7.05 Å². The van der Waals surface area contributed by atoms with Crippen LogP contribution in [0.2, 0.25) is 0 Å². The predicted octanol–water partition coefficient (Wildman–Crippen LogP) is 4.27.